The first kappa shape index (κ1) is 16.2. The van der Waals surface area contributed by atoms with Gasteiger partial charge in [-0.05, 0) is 31.3 Å². The van der Waals surface area contributed by atoms with Gasteiger partial charge in [-0.3, -0.25) is 4.79 Å². The summed E-state index contributed by atoms with van der Waals surface area (Å²) in [6, 6.07) is 0. The van der Waals surface area contributed by atoms with Gasteiger partial charge in [0, 0.05) is 11.8 Å². The van der Waals surface area contributed by atoms with Crippen LogP contribution in [0.1, 0.15) is 40.0 Å². The lowest BCUT2D eigenvalue weighted by atomic mass is 10.1. The average molecular weight is 301 g/mol. The molecule has 96 valence electrons. The zero-order valence-corrected chi connectivity index (χ0v) is 12.5. The summed E-state index contributed by atoms with van der Waals surface area (Å²) in [6.07, 6.45) is 1.69. The number of alkyl halides is 1. The summed E-state index contributed by atoms with van der Waals surface area (Å²) in [5.41, 5.74) is 0.787. The van der Waals surface area contributed by atoms with Gasteiger partial charge in [-0.2, -0.15) is 0 Å². The van der Waals surface area contributed by atoms with E-state index in [1.54, 1.807) is 0 Å². The van der Waals surface area contributed by atoms with E-state index in [9.17, 15) is 4.79 Å². The summed E-state index contributed by atoms with van der Waals surface area (Å²) in [5.74, 6) is 6.11. The molecule has 17 heavy (non-hydrogen) atoms. The first-order valence-corrected chi connectivity index (χ1v) is 7.00. The number of halogens is 1. The number of ether oxygens (including phenoxy) is 1. The predicted molar refractivity (Wildman–Crippen MR) is 75.0 cm³/mol. The normalized spacial score (nSPS) is 11.6. The lowest BCUT2D eigenvalue weighted by molar-refractivity contribution is -0.147. The van der Waals surface area contributed by atoms with E-state index >= 15 is 0 Å². The van der Waals surface area contributed by atoms with Crippen molar-refractivity contribution in [1.82, 2.24) is 0 Å². The van der Waals surface area contributed by atoms with Crippen LogP contribution in [0.5, 0.6) is 0 Å². The lowest BCUT2D eigenvalue weighted by Gasteiger charge is -2.14. The van der Waals surface area contributed by atoms with E-state index in [2.05, 4.69) is 48.2 Å². The smallest absolute Gasteiger partial charge is 0.307 e. The van der Waals surface area contributed by atoms with Crippen molar-refractivity contribution in [2.75, 3.05) is 5.33 Å². The SMILES string of the molecule is C=C(C)C#CC(CC(C)C)OC(=O)CCCBr. The van der Waals surface area contributed by atoms with Crippen molar-refractivity contribution in [3.05, 3.63) is 12.2 Å². The van der Waals surface area contributed by atoms with Crippen LogP contribution >= 0.6 is 15.9 Å². The Morgan fingerprint density at radius 3 is 2.59 bits per heavy atom. The molecule has 0 rings (SSSR count). The van der Waals surface area contributed by atoms with Crippen LogP contribution in [0, 0.1) is 17.8 Å². The molecule has 0 aliphatic rings. The summed E-state index contributed by atoms with van der Waals surface area (Å²) >= 11 is 3.29. The molecule has 2 nitrogen and oxygen atoms in total. The summed E-state index contributed by atoms with van der Waals surface area (Å²) in [5, 5.41) is 0.814. The van der Waals surface area contributed by atoms with Crippen LogP contribution in [0.2, 0.25) is 0 Å². The third-order valence-corrected chi connectivity index (χ3v) is 2.48. The van der Waals surface area contributed by atoms with Gasteiger partial charge in [0.05, 0.1) is 0 Å². The average Bonchev–Trinajstić information content (AvgIpc) is 2.22. The molecule has 0 amide bonds. The topological polar surface area (TPSA) is 26.3 Å². The molecule has 0 aromatic rings. The fraction of sp³-hybridized carbons (Fsp3) is 0.643. The van der Waals surface area contributed by atoms with Crippen LogP contribution in [-0.2, 0) is 9.53 Å². The van der Waals surface area contributed by atoms with Gasteiger partial charge in [0.1, 0.15) is 0 Å². The van der Waals surface area contributed by atoms with Gasteiger partial charge in [-0.25, -0.2) is 0 Å². The minimum Gasteiger partial charge on any atom is -0.449 e. The summed E-state index contributed by atoms with van der Waals surface area (Å²) in [7, 11) is 0. The zero-order chi connectivity index (χ0) is 13.3. The van der Waals surface area contributed by atoms with Gasteiger partial charge in [-0.1, -0.05) is 48.2 Å². The number of carbonyl (C=O) groups excluding carboxylic acids is 1. The molecule has 0 spiro atoms. The van der Waals surface area contributed by atoms with Crippen LogP contribution in [-0.4, -0.2) is 17.4 Å². The molecule has 0 saturated heterocycles. The Kier molecular flexibility index (Phi) is 8.89. The van der Waals surface area contributed by atoms with Gasteiger partial charge in [-0.15, -0.1) is 0 Å². The largest absolute Gasteiger partial charge is 0.449 e. The van der Waals surface area contributed by atoms with Gasteiger partial charge >= 0.3 is 5.97 Å². The van der Waals surface area contributed by atoms with Crippen LogP contribution in [0.25, 0.3) is 0 Å². The summed E-state index contributed by atoms with van der Waals surface area (Å²) in [6.45, 7) is 9.72. The van der Waals surface area contributed by atoms with Crippen LogP contribution < -0.4 is 0 Å². The van der Waals surface area contributed by atoms with Crippen molar-refractivity contribution in [3.8, 4) is 11.8 Å². The Balaban J connectivity index is 4.34. The van der Waals surface area contributed by atoms with Crippen molar-refractivity contribution >= 4 is 21.9 Å². The van der Waals surface area contributed by atoms with Crippen molar-refractivity contribution in [1.29, 1.82) is 0 Å². The molecule has 0 saturated carbocycles. The van der Waals surface area contributed by atoms with Gasteiger partial charge in [0.15, 0.2) is 6.10 Å². The van der Waals surface area contributed by atoms with Crippen LogP contribution in [0.4, 0.5) is 0 Å². The number of allylic oxidation sites excluding steroid dienone is 1. The molecule has 0 aromatic carbocycles. The van der Waals surface area contributed by atoms with Gasteiger partial charge < -0.3 is 4.74 Å². The van der Waals surface area contributed by atoms with Crippen LogP contribution in [0.3, 0.4) is 0 Å². The van der Waals surface area contributed by atoms with E-state index in [1.165, 1.54) is 0 Å². The molecule has 0 aromatic heterocycles. The molecule has 0 aliphatic carbocycles. The Morgan fingerprint density at radius 2 is 2.12 bits per heavy atom. The molecule has 0 aliphatic heterocycles. The third kappa shape index (κ3) is 10.1. The number of hydrogen-bond donors (Lipinski definition) is 0. The van der Waals surface area contributed by atoms with E-state index < -0.39 is 0 Å². The molecule has 0 heterocycles. The molecule has 1 atom stereocenters. The van der Waals surface area contributed by atoms with E-state index in [0.717, 1.165) is 23.7 Å². The Labute approximate surface area is 113 Å². The molecular weight excluding hydrogens is 280 g/mol. The van der Waals surface area contributed by atoms with Crippen molar-refractivity contribution in [3.63, 3.8) is 0 Å². The Hall–Kier alpha value is -0.750. The minimum absolute atomic E-state index is 0.175. The summed E-state index contributed by atoms with van der Waals surface area (Å²) in [4.78, 5) is 11.5. The second-order valence-electron chi connectivity index (χ2n) is 4.45. The van der Waals surface area contributed by atoms with Crippen molar-refractivity contribution in [2.24, 2.45) is 5.92 Å². The maximum Gasteiger partial charge on any atom is 0.307 e. The monoisotopic (exact) mass is 300 g/mol. The highest BCUT2D eigenvalue weighted by Crippen LogP contribution is 2.09. The maximum absolute atomic E-state index is 11.5. The van der Waals surface area contributed by atoms with E-state index in [1.807, 2.05) is 6.92 Å². The van der Waals surface area contributed by atoms with Gasteiger partial charge in [0.25, 0.3) is 0 Å². The highest BCUT2D eigenvalue weighted by molar-refractivity contribution is 9.09. The van der Waals surface area contributed by atoms with E-state index in [0.29, 0.717) is 12.3 Å². The standard InChI is InChI=1S/C14H21BrO2/c1-11(2)7-8-13(10-12(3)4)17-14(16)6-5-9-15/h12-13H,1,5-6,9-10H2,2-4H3. The molecular formula is C14H21BrO2. The molecule has 1 unspecified atom stereocenters. The number of hydrogen-bond acceptors (Lipinski definition) is 2. The minimum atomic E-state index is -0.311. The fourth-order valence-corrected chi connectivity index (χ4v) is 1.48. The first-order valence-electron chi connectivity index (χ1n) is 5.88. The molecule has 0 radical (unpaired) electrons. The van der Waals surface area contributed by atoms with Crippen molar-refractivity contribution in [2.45, 2.75) is 46.1 Å². The zero-order valence-electron chi connectivity index (χ0n) is 10.9. The summed E-state index contributed by atoms with van der Waals surface area (Å²) < 4.78 is 5.34. The highest BCUT2D eigenvalue weighted by Gasteiger charge is 2.13. The fourth-order valence-electron chi connectivity index (χ4n) is 1.20. The number of rotatable bonds is 6. The highest BCUT2D eigenvalue weighted by atomic mass is 79.9. The predicted octanol–water partition coefficient (Wildman–Crippen LogP) is 3.70. The number of carbonyl (C=O) groups is 1. The number of esters is 1. The molecule has 3 heteroatoms. The Morgan fingerprint density at radius 1 is 1.47 bits per heavy atom. The Bertz CT molecular complexity index is 310. The first-order chi connectivity index (χ1) is 7.95. The quantitative estimate of drug-likeness (QED) is 0.425. The van der Waals surface area contributed by atoms with Gasteiger partial charge in [0.2, 0.25) is 0 Å². The molecule has 0 bridgehead atoms. The molecule has 0 fully saturated rings. The van der Waals surface area contributed by atoms with E-state index in [4.69, 9.17) is 4.74 Å². The second-order valence-corrected chi connectivity index (χ2v) is 5.24. The van der Waals surface area contributed by atoms with Crippen LogP contribution in [0.15, 0.2) is 12.2 Å². The third-order valence-electron chi connectivity index (χ3n) is 1.92. The molecule has 0 N–H and O–H groups in total. The lowest BCUT2D eigenvalue weighted by Crippen LogP contribution is -2.18. The maximum atomic E-state index is 11.5. The second kappa shape index (κ2) is 9.30. The van der Waals surface area contributed by atoms with Crippen molar-refractivity contribution < 1.29 is 9.53 Å². The van der Waals surface area contributed by atoms with E-state index in [-0.39, 0.29) is 12.1 Å².